The number of amides is 1. The first-order chi connectivity index (χ1) is 13.9. The smallest absolute Gasteiger partial charge is 0.336 e. The van der Waals surface area contributed by atoms with E-state index < -0.39 is 12.0 Å². The molecule has 160 valence electrons. The number of carboxylic acid groups (broad SMARTS) is 1. The molecule has 2 saturated carbocycles. The molecule has 0 aromatic heterocycles. The third kappa shape index (κ3) is 6.03. The maximum Gasteiger partial charge on any atom is 0.336 e. The Balaban J connectivity index is 1.37. The molecule has 2 fully saturated rings. The van der Waals surface area contributed by atoms with Crippen LogP contribution in [0.4, 0.5) is 0 Å². The summed E-state index contributed by atoms with van der Waals surface area (Å²) in [6, 6.07) is 5.01. The number of nitrogens with two attached hydrogens (primary N) is 1. The van der Waals surface area contributed by atoms with E-state index in [1.165, 1.54) is 19.3 Å². The molecule has 1 aromatic carbocycles. The van der Waals surface area contributed by atoms with E-state index in [2.05, 4.69) is 5.32 Å². The summed E-state index contributed by atoms with van der Waals surface area (Å²) in [7, 11) is 0. The van der Waals surface area contributed by atoms with Crippen molar-refractivity contribution >= 4 is 11.9 Å². The van der Waals surface area contributed by atoms with Gasteiger partial charge in [-0.15, -0.1) is 0 Å². The number of carbonyl (C=O) groups is 2. The van der Waals surface area contributed by atoms with Crippen LogP contribution in [0.25, 0.3) is 0 Å². The fraction of sp³-hybridized carbons (Fsp3) is 0.652. The maximum atomic E-state index is 12.3. The highest BCUT2D eigenvalue weighted by Crippen LogP contribution is 2.31. The van der Waals surface area contributed by atoms with Gasteiger partial charge in [-0.05, 0) is 74.8 Å². The lowest BCUT2D eigenvalue weighted by Crippen LogP contribution is -2.48. The molecule has 2 aliphatic rings. The van der Waals surface area contributed by atoms with Crippen LogP contribution in [0.2, 0.25) is 0 Å². The van der Waals surface area contributed by atoms with Crippen LogP contribution in [0, 0.1) is 24.7 Å². The molecule has 2 aliphatic carbocycles. The van der Waals surface area contributed by atoms with Gasteiger partial charge in [0, 0.05) is 13.2 Å². The number of aryl methyl sites for hydroxylation is 1. The minimum Gasteiger partial charge on any atom is -0.478 e. The van der Waals surface area contributed by atoms with Gasteiger partial charge < -0.3 is 20.9 Å². The summed E-state index contributed by atoms with van der Waals surface area (Å²) >= 11 is 0. The Bertz CT molecular complexity index is 709. The van der Waals surface area contributed by atoms with Crippen molar-refractivity contribution in [1.82, 2.24) is 5.32 Å². The van der Waals surface area contributed by atoms with E-state index in [1.807, 2.05) is 19.1 Å². The summed E-state index contributed by atoms with van der Waals surface area (Å²) in [6.45, 7) is 3.58. The second kappa shape index (κ2) is 10.2. The van der Waals surface area contributed by atoms with Gasteiger partial charge in [-0.25, -0.2) is 4.79 Å². The van der Waals surface area contributed by atoms with Gasteiger partial charge in [0.1, 0.15) is 0 Å². The highest BCUT2D eigenvalue weighted by atomic mass is 16.5. The van der Waals surface area contributed by atoms with Crippen LogP contribution in [0.3, 0.4) is 0 Å². The quantitative estimate of drug-likeness (QED) is 0.588. The van der Waals surface area contributed by atoms with Crippen LogP contribution in [0.5, 0.6) is 0 Å². The third-order valence-electron chi connectivity index (χ3n) is 6.60. The van der Waals surface area contributed by atoms with Crippen molar-refractivity contribution in [2.24, 2.45) is 23.5 Å². The first-order valence-corrected chi connectivity index (χ1v) is 10.9. The third-order valence-corrected chi connectivity index (χ3v) is 6.60. The summed E-state index contributed by atoms with van der Waals surface area (Å²) in [5.41, 5.74) is 8.17. The van der Waals surface area contributed by atoms with Gasteiger partial charge in [0.2, 0.25) is 5.91 Å². The molecule has 1 amide bonds. The van der Waals surface area contributed by atoms with Gasteiger partial charge >= 0.3 is 5.97 Å². The van der Waals surface area contributed by atoms with Gasteiger partial charge in [-0.1, -0.05) is 24.1 Å². The van der Waals surface area contributed by atoms with Crippen molar-refractivity contribution in [2.75, 3.05) is 13.2 Å². The van der Waals surface area contributed by atoms with E-state index in [4.69, 9.17) is 10.5 Å². The Morgan fingerprint density at radius 1 is 1.17 bits per heavy atom. The molecule has 0 aliphatic heterocycles. The van der Waals surface area contributed by atoms with E-state index >= 15 is 0 Å². The standard InChI is InChI=1S/C23H34N2O4/c1-15-5-8-19(20(11-15)23(27)28)14-29-13-17-6-9-18(10-7-17)21(24)22(26)25-12-16-3-2-4-16/h5,8,11,16-18,21H,2-4,6-7,9-10,12-14,24H2,1H3,(H,25,26)(H,27,28)/t17?,18?,21-/m0/s1. The van der Waals surface area contributed by atoms with Crippen molar-refractivity contribution < 1.29 is 19.4 Å². The number of benzene rings is 1. The first-order valence-electron chi connectivity index (χ1n) is 10.9. The molecule has 1 aromatic rings. The lowest BCUT2D eigenvalue weighted by Gasteiger charge is -2.32. The number of carbonyl (C=O) groups excluding carboxylic acids is 1. The summed E-state index contributed by atoms with van der Waals surface area (Å²) in [4.78, 5) is 23.7. The molecular weight excluding hydrogens is 368 g/mol. The van der Waals surface area contributed by atoms with Crippen LogP contribution in [-0.2, 0) is 16.1 Å². The molecule has 6 heteroatoms. The number of ether oxygens (including phenoxy) is 1. The van der Waals surface area contributed by atoms with Gasteiger partial charge in [-0.3, -0.25) is 4.79 Å². The Hall–Kier alpha value is -1.92. The fourth-order valence-corrected chi connectivity index (χ4v) is 4.34. The zero-order valence-electron chi connectivity index (χ0n) is 17.4. The minimum atomic E-state index is -0.919. The number of nitrogens with one attached hydrogen (secondary N) is 1. The SMILES string of the molecule is Cc1ccc(COCC2CCC([C@H](N)C(=O)NCC3CCC3)CC2)c(C(=O)O)c1. The van der Waals surface area contributed by atoms with Crippen LogP contribution in [-0.4, -0.2) is 36.2 Å². The van der Waals surface area contributed by atoms with Gasteiger partial charge in [0.25, 0.3) is 0 Å². The van der Waals surface area contributed by atoms with Gasteiger partial charge in [0.05, 0.1) is 18.2 Å². The van der Waals surface area contributed by atoms with Gasteiger partial charge in [0.15, 0.2) is 0 Å². The van der Waals surface area contributed by atoms with E-state index in [0.717, 1.165) is 37.8 Å². The van der Waals surface area contributed by atoms with E-state index in [0.29, 0.717) is 36.2 Å². The molecule has 3 rings (SSSR count). The fourth-order valence-electron chi connectivity index (χ4n) is 4.34. The second-order valence-electron chi connectivity index (χ2n) is 8.83. The molecule has 4 N–H and O–H groups in total. The number of hydrogen-bond acceptors (Lipinski definition) is 4. The average molecular weight is 403 g/mol. The second-order valence-corrected chi connectivity index (χ2v) is 8.83. The lowest BCUT2D eigenvalue weighted by molar-refractivity contribution is -0.124. The van der Waals surface area contributed by atoms with Crippen molar-refractivity contribution in [3.8, 4) is 0 Å². The van der Waals surface area contributed by atoms with Crippen LogP contribution >= 0.6 is 0 Å². The number of carboxylic acids is 1. The highest BCUT2D eigenvalue weighted by Gasteiger charge is 2.30. The topological polar surface area (TPSA) is 102 Å². The Morgan fingerprint density at radius 3 is 2.52 bits per heavy atom. The molecule has 0 heterocycles. The van der Waals surface area contributed by atoms with Gasteiger partial charge in [-0.2, -0.15) is 0 Å². The predicted molar refractivity (Wildman–Crippen MR) is 112 cm³/mol. The molecule has 0 unspecified atom stereocenters. The van der Waals surface area contributed by atoms with Crippen LogP contribution in [0.15, 0.2) is 18.2 Å². The van der Waals surface area contributed by atoms with E-state index in [-0.39, 0.29) is 11.8 Å². The van der Waals surface area contributed by atoms with Crippen molar-refractivity contribution in [1.29, 1.82) is 0 Å². The Kier molecular flexibility index (Phi) is 7.67. The number of hydrogen-bond donors (Lipinski definition) is 3. The molecule has 6 nitrogen and oxygen atoms in total. The van der Waals surface area contributed by atoms with Crippen LogP contribution < -0.4 is 11.1 Å². The number of rotatable bonds is 9. The molecular formula is C23H34N2O4. The number of aromatic carboxylic acids is 1. The zero-order valence-corrected chi connectivity index (χ0v) is 17.4. The molecule has 29 heavy (non-hydrogen) atoms. The lowest BCUT2D eigenvalue weighted by atomic mass is 9.78. The Labute approximate surface area is 173 Å². The molecule has 0 bridgehead atoms. The summed E-state index contributed by atoms with van der Waals surface area (Å²) < 4.78 is 5.84. The van der Waals surface area contributed by atoms with Crippen molar-refractivity contribution in [2.45, 2.75) is 64.5 Å². The first kappa shape index (κ1) is 21.8. The van der Waals surface area contributed by atoms with Crippen molar-refractivity contribution in [3.63, 3.8) is 0 Å². The monoisotopic (exact) mass is 402 g/mol. The average Bonchev–Trinajstić information content (AvgIpc) is 2.67. The summed E-state index contributed by atoms with van der Waals surface area (Å²) in [5.74, 6) is 0.405. The maximum absolute atomic E-state index is 12.3. The summed E-state index contributed by atoms with van der Waals surface area (Å²) in [5, 5.41) is 12.4. The largest absolute Gasteiger partial charge is 0.478 e. The van der Waals surface area contributed by atoms with E-state index in [9.17, 15) is 14.7 Å². The summed E-state index contributed by atoms with van der Waals surface area (Å²) in [6.07, 6.45) is 7.59. The van der Waals surface area contributed by atoms with Crippen molar-refractivity contribution in [3.05, 3.63) is 34.9 Å². The molecule has 0 spiro atoms. The molecule has 0 saturated heterocycles. The molecule has 1 atom stereocenters. The minimum absolute atomic E-state index is 0.00262. The zero-order chi connectivity index (χ0) is 20.8. The Morgan fingerprint density at radius 2 is 1.90 bits per heavy atom. The molecule has 0 radical (unpaired) electrons. The highest BCUT2D eigenvalue weighted by molar-refractivity contribution is 5.89. The van der Waals surface area contributed by atoms with E-state index in [1.54, 1.807) is 6.07 Å². The predicted octanol–water partition coefficient (Wildman–Crippen LogP) is 3.26. The van der Waals surface area contributed by atoms with Crippen LogP contribution in [0.1, 0.15) is 66.4 Å². The normalized spacial score (nSPS) is 23.2.